The van der Waals surface area contributed by atoms with Gasteiger partial charge in [0.25, 0.3) is 0 Å². The summed E-state index contributed by atoms with van der Waals surface area (Å²) in [7, 11) is 0. The molecule has 2 N–H and O–H groups in total. The second-order valence-electron chi connectivity index (χ2n) is 5.72. The molecule has 1 rings (SSSR count). The number of carbonyl (C=O) groups is 1. The number of nitrogens with one attached hydrogen (secondary N) is 1. The van der Waals surface area contributed by atoms with Crippen LogP contribution in [0.2, 0.25) is 0 Å². The smallest absolute Gasteiger partial charge is 0.223 e. The monoisotopic (exact) mass is 227 g/mol. The van der Waals surface area contributed by atoms with E-state index >= 15 is 0 Å². The fourth-order valence-corrected chi connectivity index (χ4v) is 2.51. The molecule has 1 fully saturated rings. The molecule has 0 saturated heterocycles. The number of rotatable bonds is 4. The topological polar surface area (TPSA) is 49.3 Å². The van der Waals surface area contributed by atoms with Crippen LogP contribution in [0.1, 0.15) is 52.9 Å². The molecule has 1 aliphatic rings. The molecule has 0 aromatic heterocycles. The minimum Gasteiger partial charge on any atom is -0.393 e. The Kier molecular flexibility index (Phi) is 4.78. The van der Waals surface area contributed by atoms with E-state index in [2.05, 4.69) is 19.2 Å². The lowest BCUT2D eigenvalue weighted by Gasteiger charge is -2.37. The molecule has 16 heavy (non-hydrogen) atoms. The van der Waals surface area contributed by atoms with Gasteiger partial charge in [0, 0.05) is 12.5 Å². The van der Waals surface area contributed by atoms with E-state index in [0.717, 1.165) is 19.3 Å². The SMILES string of the molecule is CC(O)CCNC(=O)C1CCCCC1(C)C. The predicted octanol–water partition coefficient (Wildman–Crippen LogP) is 2.09. The van der Waals surface area contributed by atoms with Crippen LogP contribution in [0.25, 0.3) is 0 Å². The van der Waals surface area contributed by atoms with Gasteiger partial charge in [0.05, 0.1) is 6.10 Å². The van der Waals surface area contributed by atoms with Crippen LogP contribution in [0.15, 0.2) is 0 Å². The van der Waals surface area contributed by atoms with Crippen molar-refractivity contribution in [3.63, 3.8) is 0 Å². The molecule has 0 radical (unpaired) electrons. The number of amides is 1. The maximum Gasteiger partial charge on any atom is 0.223 e. The Morgan fingerprint density at radius 2 is 2.19 bits per heavy atom. The molecule has 0 aromatic carbocycles. The highest BCUT2D eigenvalue weighted by Crippen LogP contribution is 2.40. The lowest BCUT2D eigenvalue weighted by molar-refractivity contribution is -0.130. The van der Waals surface area contributed by atoms with Crippen molar-refractivity contribution < 1.29 is 9.90 Å². The van der Waals surface area contributed by atoms with Crippen LogP contribution in [0.5, 0.6) is 0 Å². The van der Waals surface area contributed by atoms with Crippen LogP contribution >= 0.6 is 0 Å². The third kappa shape index (κ3) is 3.78. The molecule has 0 aliphatic heterocycles. The quantitative estimate of drug-likeness (QED) is 0.772. The van der Waals surface area contributed by atoms with Gasteiger partial charge >= 0.3 is 0 Å². The van der Waals surface area contributed by atoms with E-state index < -0.39 is 0 Å². The number of hydrogen-bond donors (Lipinski definition) is 2. The van der Waals surface area contributed by atoms with Crippen molar-refractivity contribution in [2.75, 3.05) is 6.54 Å². The zero-order valence-corrected chi connectivity index (χ0v) is 10.8. The summed E-state index contributed by atoms with van der Waals surface area (Å²) in [5.41, 5.74) is 0.132. The van der Waals surface area contributed by atoms with Crippen LogP contribution in [0, 0.1) is 11.3 Å². The molecular weight excluding hydrogens is 202 g/mol. The number of carbonyl (C=O) groups excluding carboxylic acids is 1. The predicted molar refractivity (Wildman–Crippen MR) is 65.0 cm³/mol. The summed E-state index contributed by atoms with van der Waals surface area (Å²) in [5, 5.41) is 12.1. The molecular formula is C13H25NO2. The van der Waals surface area contributed by atoms with E-state index in [1.165, 1.54) is 6.42 Å². The Morgan fingerprint density at radius 1 is 1.50 bits per heavy atom. The Hall–Kier alpha value is -0.570. The highest BCUT2D eigenvalue weighted by atomic mass is 16.3. The second-order valence-corrected chi connectivity index (χ2v) is 5.72. The van der Waals surface area contributed by atoms with Crippen molar-refractivity contribution in [1.29, 1.82) is 0 Å². The average Bonchev–Trinajstić information content (AvgIpc) is 2.16. The molecule has 1 amide bonds. The van der Waals surface area contributed by atoms with Gasteiger partial charge in [-0.3, -0.25) is 4.79 Å². The summed E-state index contributed by atoms with van der Waals surface area (Å²) < 4.78 is 0. The first-order chi connectivity index (χ1) is 7.43. The van der Waals surface area contributed by atoms with Crippen molar-refractivity contribution in [2.24, 2.45) is 11.3 Å². The van der Waals surface area contributed by atoms with Crippen LogP contribution in [-0.4, -0.2) is 23.7 Å². The normalized spacial score (nSPS) is 26.1. The van der Waals surface area contributed by atoms with Crippen LogP contribution in [0.4, 0.5) is 0 Å². The highest BCUT2D eigenvalue weighted by Gasteiger charge is 2.36. The van der Waals surface area contributed by atoms with Crippen molar-refractivity contribution >= 4 is 5.91 Å². The third-order valence-corrected chi connectivity index (χ3v) is 3.69. The summed E-state index contributed by atoms with van der Waals surface area (Å²) in [6.07, 6.45) is 4.86. The first-order valence-corrected chi connectivity index (χ1v) is 6.39. The molecule has 2 atom stereocenters. The van der Waals surface area contributed by atoms with E-state index in [-0.39, 0.29) is 23.3 Å². The van der Waals surface area contributed by atoms with Crippen molar-refractivity contribution in [3.8, 4) is 0 Å². The average molecular weight is 227 g/mol. The summed E-state index contributed by atoms with van der Waals surface area (Å²) in [5.74, 6) is 0.320. The van der Waals surface area contributed by atoms with Gasteiger partial charge in [-0.2, -0.15) is 0 Å². The van der Waals surface area contributed by atoms with Crippen molar-refractivity contribution in [3.05, 3.63) is 0 Å². The van der Waals surface area contributed by atoms with Gasteiger partial charge in [0.2, 0.25) is 5.91 Å². The fourth-order valence-electron chi connectivity index (χ4n) is 2.51. The molecule has 1 saturated carbocycles. The molecule has 0 spiro atoms. The largest absolute Gasteiger partial charge is 0.393 e. The maximum atomic E-state index is 12.0. The van der Waals surface area contributed by atoms with Crippen LogP contribution < -0.4 is 5.32 Å². The van der Waals surface area contributed by atoms with E-state index in [4.69, 9.17) is 5.11 Å². The lowest BCUT2D eigenvalue weighted by atomic mass is 9.68. The van der Waals surface area contributed by atoms with Crippen LogP contribution in [-0.2, 0) is 4.79 Å². The van der Waals surface area contributed by atoms with Gasteiger partial charge in [0.15, 0.2) is 0 Å². The van der Waals surface area contributed by atoms with E-state index in [9.17, 15) is 4.79 Å². The lowest BCUT2D eigenvalue weighted by Crippen LogP contribution is -2.41. The fraction of sp³-hybridized carbons (Fsp3) is 0.923. The van der Waals surface area contributed by atoms with Gasteiger partial charge in [-0.15, -0.1) is 0 Å². The van der Waals surface area contributed by atoms with Gasteiger partial charge < -0.3 is 10.4 Å². The van der Waals surface area contributed by atoms with E-state index in [0.29, 0.717) is 13.0 Å². The van der Waals surface area contributed by atoms with Crippen LogP contribution in [0.3, 0.4) is 0 Å². The van der Waals surface area contributed by atoms with Gasteiger partial charge in [0.1, 0.15) is 0 Å². The first-order valence-electron chi connectivity index (χ1n) is 6.39. The molecule has 1 aliphatic carbocycles. The summed E-state index contributed by atoms with van der Waals surface area (Å²) in [6, 6.07) is 0. The molecule has 94 valence electrons. The molecule has 0 heterocycles. The van der Waals surface area contributed by atoms with Gasteiger partial charge in [-0.05, 0) is 31.6 Å². The number of aliphatic hydroxyl groups excluding tert-OH is 1. The Balaban J connectivity index is 2.40. The number of aliphatic hydroxyl groups is 1. The first kappa shape index (κ1) is 13.5. The Bertz CT molecular complexity index is 236. The summed E-state index contributed by atoms with van der Waals surface area (Å²) >= 11 is 0. The Labute approximate surface area is 98.6 Å². The highest BCUT2D eigenvalue weighted by molar-refractivity contribution is 5.79. The summed E-state index contributed by atoms with van der Waals surface area (Å²) in [6.45, 7) is 6.70. The van der Waals surface area contributed by atoms with Gasteiger partial charge in [-0.1, -0.05) is 26.7 Å². The second kappa shape index (κ2) is 5.67. The summed E-state index contributed by atoms with van der Waals surface area (Å²) in [4.78, 5) is 12.0. The van der Waals surface area contributed by atoms with Crippen molar-refractivity contribution in [1.82, 2.24) is 5.32 Å². The Morgan fingerprint density at radius 3 is 2.75 bits per heavy atom. The third-order valence-electron chi connectivity index (χ3n) is 3.69. The minimum absolute atomic E-state index is 0.132. The molecule has 0 bridgehead atoms. The van der Waals surface area contributed by atoms with Crippen molar-refractivity contribution in [2.45, 2.75) is 59.0 Å². The minimum atomic E-state index is -0.334. The van der Waals surface area contributed by atoms with E-state index in [1.54, 1.807) is 6.92 Å². The molecule has 3 heteroatoms. The zero-order valence-electron chi connectivity index (χ0n) is 10.8. The van der Waals surface area contributed by atoms with E-state index in [1.807, 2.05) is 0 Å². The standard InChI is InChI=1S/C13H25NO2/c1-10(15)7-9-14-12(16)11-6-4-5-8-13(11,2)3/h10-11,15H,4-9H2,1-3H3,(H,14,16). The molecule has 2 unspecified atom stereocenters. The zero-order chi connectivity index (χ0) is 12.2. The molecule has 3 nitrogen and oxygen atoms in total. The maximum absolute atomic E-state index is 12.0. The number of hydrogen-bond acceptors (Lipinski definition) is 2. The van der Waals surface area contributed by atoms with Gasteiger partial charge in [-0.25, -0.2) is 0 Å². The molecule has 0 aromatic rings.